The van der Waals surface area contributed by atoms with Gasteiger partial charge in [0.15, 0.2) is 10.3 Å². The number of aryl methyl sites for hydroxylation is 1. The first-order valence-electron chi connectivity index (χ1n) is 9.01. The largest absolute Gasteiger partial charge is 0.360 e. The third-order valence-corrected chi connectivity index (χ3v) is 5.95. The Labute approximate surface area is 175 Å². The number of para-hydroxylation sites is 1. The molecule has 7 nitrogen and oxygen atoms in total. The Bertz CT molecular complexity index is 1240. The molecule has 0 saturated heterocycles. The van der Waals surface area contributed by atoms with E-state index in [1.54, 1.807) is 6.92 Å². The molecule has 1 aromatic carbocycles. The number of thioether (sulfide) groups is 1. The summed E-state index contributed by atoms with van der Waals surface area (Å²) in [6.07, 6.45) is 4.29. The highest BCUT2D eigenvalue weighted by atomic mass is 32.2. The van der Waals surface area contributed by atoms with Crippen molar-refractivity contribution in [2.45, 2.75) is 24.9 Å². The van der Waals surface area contributed by atoms with E-state index < -0.39 is 0 Å². The summed E-state index contributed by atoms with van der Waals surface area (Å²) in [5.74, 6) is -0.183. The molecule has 0 saturated carbocycles. The van der Waals surface area contributed by atoms with Gasteiger partial charge < -0.3 is 15.3 Å². The fraction of sp³-hybridized carbons (Fsp3) is 0.200. The first-order valence-corrected chi connectivity index (χ1v) is 11.1. The first kappa shape index (κ1) is 19.4. The van der Waals surface area contributed by atoms with Crippen molar-refractivity contribution in [1.82, 2.24) is 19.9 Å². The lowest BCUT2D eigenvalue weighted by molar-refractivity contribution is -0.116. The highest BCUT2D eigenvalue weighted by Crippen LogP contribution is 2.30. The van der Waals surface area contributed by atoms with Gasteiger partial charge >= 0.3 is 0 Å². The van der Waals surface area contributed by atoms with Crippen LogP contribution in [0.25, 0.3) is 22.2 Å². The Kier molecular flexibility index (Phi) is 5.50. The monoisotopic (exact) mass is 425 g/mol. The van der Waals surface area contributed by atoms with Gasteiger partial charge in [-0.3, -0.25) is 9.59 Å². The zero-order chi connectivity index (χ0) is 20.4. The molecular formula is C20H19N5O2S2. The van der Waals surface area contributed by atoms with E-state index in [-0.39, 0.29) is 17.9 Å². The van der Waals surface area contributed by atoms with Gasteiger partial charge in [-0.25, -0.2) is 9.97 Å². The van der Waals surface area contributed by atoms with Gasteiger partial charge in [-0.05, 0) is 25.7 Å². The number of nitrogens with zero attached hydrogens (tertiary/aromatic N) is 2. The maximum atomic E-state index is 12.4. The summed E-state index contributed by atoms with van der Waals surface area (Å²) >= 11 is 2.76. The molecule has 3 N–H and O–H groups in total. The fourth-order valence-corrected chi connectivity index (χ4v) is 4.28. The summed E-state index contributed by atoms with van der Waals surface area (Å²) in [5, 5.41) is 6.95. The van der Waals surface area contributed by atoms with Gasteiger partial charge in [-0.2, -0.15) is 0 Å². The zero-order valence-electron chi connectivity index (χ0n) is 15.9. The molecule has 29 heavy (non-hydrogen) atoms. The molecule has 148 valence electrons. The molecule has 4 aromatic rings. The van der Waals surface area contributed by atoms with Crippen molar-refractivity contribution in [2.24, 2.45) is 0 Å². The van der Waals surface area contributed by atoms with Crippen molar-refractivity contribution < 1.29 is 4.79 Å². The summed E-state index contributed by atoms with van der Waals surface area (Å²) < 4.78 is 0. The maximum absolute atomic E-state index is 12.4. The average molecular weight is 426 g/mol. The van der Waals surface area contributed by atoms with Gasteiger partial charge in [0, 0.05) is 45.7 Å². The van der Waals surface area contributed by atoms with E-state index in [2.05, 4.69) is 25.3 Å². The highest BCUT2D eigenvalue weighted by Gasteiger charge is 2.13. The molecule has 0 spiro atoms. The molecule has 0 fully saturated rings. The molecule has 4 rings (SSSR count). The summed E-state index contributed by atoms with van der Waals surface area (Å²) in [6, 6.07) is 8.01. The van der Waals surface area contributed by atoms with Crippen LogP contribution in [0.4, 0.5) is 5.13 Å². The van der Waals surface area contributed by atoms with Crippen molar-refractivity contribution in [3.8, 4) is 11.3 Å². The van der Waals surface area contributed by atoms with E-state index in [1.165, 1.54) is 23.1 Å². The molecular weight excluding hydrogens is 406 g/mol. The van der Waals surface area contributed by atoms with E-state index in [4.69, 9.17) is 0 Å². The summed E-state index contributed by atoms with van der Waals surface area (Å²) in [5.41, 5.74) is 3.86. The second-order valence-electron chi connectivity index (χ2n) is 6.47. The smallest absolute Gasteiger partial charge is 0.254 e. The van der Waals surface area contributed by atoms with Crippen LogP contribution in [-0.2, 0) is 11.2 Å². The van der Waals surface area contributed by atoms with Crippen molar-refractivity contribution in [3.05, 3.63) is 57.5 Å². The summed E-state index contributed by atoms with van der Waals surface area (Å²) in [4.78, 5) is 39.4. The Morgan fingerprint density at radius 2 is 2.10 bits per heavy atom. The Morgan fingerprint density at radius 1 is 1.28 bits per heavy atom. The molecule has 9 heteroatoms. The third-order valence-electron chi connectivity index (χ3n) is 4.61. The second-order valence-corrected chi connectivity index (χ2v) is 8.13. The summed E-state index contributed by atoms with van der Waals surface area (Å²) in [7, 11) is 0. The number of anilines is 1. The molecule has 0 aliphatic carbocycles. The molecule has 1 amide bonds. The van der Waals surface area contributed by atoms with Crippen molar-refractivity contribution in [3.63, 3.8) is 0 Å². The van der Waals surface area contributed by atoms with Gasteiger partial charge in [-0.1, -0.05) is 30.0 Å². The standard InChI is InChI=1S/C20H19N5O2S2/c1-11-12(18(27)25-19(22-11)28-2)7-8-17(26)24-20-23-16(10-29-20)14-9-21-15-6-4-3-5-13(14)15/h3-6,9-10,21H,7-8H2,1-2H3,(H,22,25,27)(H,23,24,26). The lowest BCUT2D eigenvalue weighted by Gasteiger charge is -2.06. The van der Waals surface area contributed by atoms with Crippen molar-refractivity contribution in [2.75, 3.05) is 11.6 Å². The molecule has 0 radical (unpaired) electrons. The number of hydrogen-bond acceptors (Lipinski definition) is 6. The minimum absolute atomic E-state index is 0.183. The van der Waals surface area contributed by atoms with Crippen molar-refractivity contribution in [1.29, 1.82) is 0 Å². The average Bonchev–Trinajstić information content (AvgIpc) is 3.33. The number of aromatic nitrogens is 4. The number of amides is 1. The van der Waals surface area contributed by atoms with Crippen LogP contribution >= 0.6 is 23.1 Å². The number of rotatable bonds is 6. The lowest BCUT2D eigenvalue weighted by atomic mass is 10.1. The van der Waals surface area contributed by atoms with Gasteiger partial charge in [-0.15, -0.1) is 11.3 Å². The predicted octanol–water partition coefficient (Wildman–Crippen LogP) is 3.98. The fourth-order valence-electron chi connectivity index (χ4n) is 3.13. The lowest BCUT2D eigenvalue weighted by Crippen LogP contribution is -2.20. The van der Waals surface area contributed by atoms with Crippen LogP contribution in [0, 0.1) is 6.92 Å². The molecule has 3 aromatic heterocycles. The highest BCUT2D eigenvalue weighted by molar-refractivity contribution is 7.98. The molecule has 0 bridgehead atoms. The quantitative estimate of drug-likeness (QED) is 0.320. The van der Waals surface area contributed by atoms with Crippen LogP contribution < -0.4 is 10.9 Å². The predicted molar refractivity (Wildman–Crippen MR) is 118 cm³/mol. The number of carbonyl (C=O) groups is 1. The van der Waals surface area contributed by atoms with Gasteiger partial charge in [0.05, 0.1) is 5.69 Å². The topological polar surface area (TPSA) is 104 Å². The minimum atomic E-state index is -0.189. The van der Waals surface area contributed by atoms with Gasteiger partial charge in [0.1, 0.15) is 0 Å². The molecule has 0 unspecified atom stereocenters. The number of H-pyrrole nitrogens is 2. The Morgan fingerprint density at radius 3 is 2.90 bits per heavy atom. The molecule has 3 heterocycles. The number of aromatic amines is 2. The molecule has 0 aliphatic rings. The number of nitrogens with one attached hydrogen (secondary N) is 3. The summed E-state index contributed by atoms with van der Waals surface area (Å²) in [6.45, 7) is 1.79. The first-order chi connectivity index (χ1) is 14.0. The second kappa shape index (κ2) is 8.22. The van der Waals surface area contributed by atoms with Gasteiger partial charge in [0.2, 0.25) is 5.91 Å². The SMILES string of the molecule is CSc1nc(C)c(CCC(=O)Nc2nc(-c3c[nH]c4ccccc34)cs2)c(=O)[nH]1. The van der Waals surface area contributed by atoms with Crippen LogP contribution in [0.3, 0.4) is 0 Å². The maximum Gasteiger partial charge on any atom is 0.254 e. The number of carbonyl (C=O) groups excluding carboxylic acids is 1. The third kappa shape index (κ3) is 4.10. The van der Waals surface area contributed by atoms with Crippen LogP contribution in [0.15, 0.2) is 45.8 Å². The number of benzene rings is 1. The van der Waals surface area contributed by atoms with E-state index in [0.717, 1.165) is 22.2 Å². The molecule has 0 atom stereocenters. The van der Waals surface area contributed by atoms with Crippen LogP contribution in [0.2, 0.25) is 0 Å². The van der Waals surface area contributed by atoms with Gasteiger partial charge in [0.25, 0.3) is 5.56 Å². The number of hydrogen-bond donors (Lipinski definition) is 3. The normalized spacial score (nSPS) is 11.1. The minimum Gasteiger partial charge on any atom is -0.360 e. The molecule has 0 aliphatic heterocycles. The van der Waals surface area contributed by atoms with E-state index in [9.17, 15) is 9.59 Å². The zero-order valence-corrected chi connectivity index (χ0v) is 17.5. The van der Waals surface area contributed by atoms with E-state index in [0.29, 0.717) is 28.0 Å². The van der Waals surface area contributed by atoms with Crippen molar-refractivity contribution >= 4 is 45.0 Å². The Balaban J connectivity index is 1.43. The van der Waals surface area contributed by atoms with Crippen LogP contribution in [-0.4, -0.2) is 32.1 Å². The van der Waals surface area contributed by atoms with Crippen LogP contribution in [0.1, 0.15) is 17.7 Å². The number of fused-ring (bicyclic) bond motifs is 1. The Hall–Kier alpha value is -2.91. The number of thiazole rings is 1. The van der Waals surface area contributed by atoms with E-state index >= 15 is 0 Å². The van der Waals surface area contributed by atoms with Crippen LogP contribution in [0.5, 0.6) is 0 Å². The van der Waals surface area contributed by atoms with E-state index in [1.807, 2.05) is 42.1 Å².